The Morgan fingerprint density at radius 3 is 3.27 bits per heavy atom. The van der Waals surface area contributed by atoms with Gasteiger partial charge in [-0.05, 0) is 12.0 Å². The van der Waals surface area contributed by atoms with Crippen molar-refractivity contribution in [3.8, 4) is 0 Å². The molecule has 3 heteroatoms. The van der Waals surface area contributed by atoms with E-state index >= 15 is 0 Å². The lowest BCUT2D eigenvalue weighted by Gasteiger charge is -2.04. The van der Waals surface area contributed by atoms with Crippen molar-refractivity contribution < 1.29 is 9.53 Å². The van der Waals surface area contributed by atoms with Gasteiger partial charge in [-0.25, -0.2) is 0 Å². The molecule has 0 aromatic rings. The molecule has 3 nitrogen and oxygen atoms in total. The normalized spacial score (nSPS) is 15.8. The van der Waals surface area contributed by atoms with Crippen LogP contribution in [0.15, 0.2) is 16.6 Å². The van der Waals surface area contributed by atoms with Gasteiger partial charge in [-0.15, -0.1) is 0 Å². The molecule has 0 bridgehead atoms. The predicted octanol–water partition coefficient (Wildman–Crippen LogP) is 0.950. The number of rotatable bonds is 4. The zero-order valence-corrected chi connectivity index (χ0v) is 6.32. The van der Waals surface area contributed by atoms with Crippen molar-refractivity contribution in [2.75, 3.05) is 13.2 Å². The van der Waals surface area contributed by atoms with E-state index in [0.29, 0.717) is 13.1 Å². The number of carbonyl (C=O) groups excluding carboxylic acids is 1. The summed E-state index contributed by atoms with van der Waals surface area (Å²) in [5, 5.41) is 0. The molecular formula is C8H11NO2. The number of dihydropyridines is 1. The molecule has 0 aromatic heterocycles. The highest BCUT2D eigenvalue weighted by molar-refractivity contribution is 5.79. The van der Waals surface area contributed by atoms with Gasteiger partial charge in [-0.2, -0.15) is 0 Å². The quantitative estimate of drug-likeness (QED) is 0.445. The highest BCUT2D eigenvalue weighted by Gasteiger charge is 1.97. The van der Waals surface area contributed by atoms with E-state index in [1.165, 1.54) is 0 Å². The molecule has 0 atom stereocenters. The summed E-state index contributed by atoms with van der Waals surface area (Å²) < 4.78 is 4.55. The second kappa shape index (κ2) is 4.66. The van der Waals surface area contributed by atoms with Crippen LogP contribution in [0.25, 0.3) is 0 Å². The van der Waals surface area contributed by atoms with Crippen molar-refractivity contribution in [3.05, 3.63) is 11.6 Å². The highest BCUT2D eigenvalue weighted by atomic mass is 16.5. The van der Waals surface area contributed by atoms with Gasteiger partial charge in [0.2, 0.25) is 0 Å². The van der Waals surface area contributed by atoms with Crippen molar-refractivity contribution in [2.24, 2.45) is 4.99 Å². The molecule has 0 saturated carbocycles. The third kappa shape index (κ3) is 2.98. The molecule has 0 spiro atoms. The molecule has 0 aromatic carbocycles. The van der Waals surface area contributed by atoms with Crippen LogP contribution in [0.4, 0.5) is 0 Å². The van der Waals surface area contributed by atoms with Gasteiger partial charge in [0.15, 0.2) is 0 Å². The number of ether oxygens (including phenoxy) is 1. The molecule has 0 N–H and O–H groups in total. The summed E-state index contributed by atoms with van der Waals surface area (Å²) in [6.07, 6.45) is 5.76. The zero-order chi connectivity index (χ0) is 7.94. The van der Waals surface area contributed by atoms with Crippen molar-refractivity contribution in [3.63, 3.8) is 0 Å². The minimum absolute atomic E-state index is 0.460. The van der Waals surface area contributed by atoms with Crippen LogP contribution in [0.2, 0.25) is 0 Å². The Kier molecular flexibility index (Phi) is 3.38. The lowest BCUT2D eigenvalue weighted by atomic mass is 10.1. The molecule has 0 radical (unpaired) electrons. The maximum atomic E-state index is 9.77. The van der Waals surface area contributed by atoms with Crippen LogP contribution in [0.3, 0.4) is 0 Å². The van der Waals surface area contributed by atoms with E-state index in [1.54, 1.807) is 0 Å². The fraction of sp³-hybridized carbons (Fsp3) is 0.500. The zero-order valence-electron chi connectivity index (χ0n) is 6.32. The highest BCUT2D eigenvalue weighted by Crippen LogP contribution is 2.04. The van der Waals surface area contributed by atoms with Crippen LogP contribution in [-0.4, -0.2) is 25.8 Å². The number of hydrogen-bond donors (Lipinski definition) is 0. The first kappa shape index (κ1) is 7.98. The van der Waals surface area contributed by atoms with Crippen LogP contribution in [0.1, 0.15) is 12.8 Å². The summed E-state index contributed by atoms with van der Waals surface area (Å²) in [6, 6.07) is 0. The molecule has 11 heavy (non-hydrogen) atoms. The smallest absolute Gasteiger partial charge is 0.293 e. The molecule has 1 rings (SSSR count). The molecule has 0 unspecified atom stereocenters. The maximum Gasteiger partial charge on any atom is 0.293 e. The monoisotopic (exact) mass is 153 g/mol. The first-order valence-electron chi connectivity index (χ1n) is 3.67. The molecule has 0 amide bonds. The third-order valence-corrected chi connectivity index (χ3v) is 1.50. The summed E-state index contributed by atoms with van der Waals surface area (Å²) in [7, 11) is 0. The SMILES string of the molecule is O=COCCC1=CCCN=C1. The average molecular weight is 153 g/mol. The fourth-order valence-corrected chi connectivity index (χ4v) is 0.950. The van der Waals surface area contributed by atoms with Crippen LogP contribution < -0.4 is 0 Å². The summed E-state index contributed by atoms with van der Waals surface area (Å²) in [5.41, 5.74) is 1.16. The second-order valence-electron chi connectivity index (χ2n) is 2.32. The molecule has 1 heterocycles. The van der Waals surface area contributed by atoms with E-state index < -0.39 is 0 Å². The van der Waals surface area contributed by atoms with Crippen LogP contribution >= 0.6 is 0 Å². The Morgan fingerprint density at radius 2 is 2.64 bits per heavy atom. The number of aliphatic imine (C=N–C) groups is 1. The lowest BCUT2D eigenvalue weighted by molar-refractivity contribution is -0.128. The van der Waals surface area contributed by atoms with Gasteiger partial charge < -0.3 is 4.74 Å². The predicted molar refractivity (Wildman–Crippen MR) is 42.7 cm³/mol. The molecular weight excluding hydrogens is 142 g/mol. The Bertz CT molecular complexity index is 185. The standard InChI is InChI=1S/C8H11NO2/c10-7-11-5-3-8-2-1-4-9-6-8/h2,6-7H,1,3-5H2. The Hall–Kier alpha value is -1.12. The molecule has 1 aliphatic heterocycles. The lowest BCUT2D eigenvalue weighted by Crippen LogP contribution is -1.99. The number of hydrogen-bond acceptors (Lipinski definition) is 3. The molecule has 0 saturated heterocycles. The maximum absolute atomic E-state index is 9.77. The summed E-state index contributed by atoms with van der Waals surface area (Å²) in [4.78, 5) is 13.9. The Morgan fingerprint density at radius 1 is 1.73 bits per heavy atom. The molecule has 0 fully saturated rings. The van der Waals surface area contributed by atoms with Crippen LogP contribution in [0.5, 0.6) is 0 Å². The van der Waals surface area contributed by atoms with Gasteiger partial charge in [-0.3, -0.25) is 9.79 Å². The van der Waals surface area contributed by atoms with Crippen molar-refractivity contribution in [2.45, 2.75) is 12.8 Å². The van der Waals surface area contributed by atoms with E-state index in [-0.39, 0.29) is 0 Å². The first-order valence-corrected chi connectivity index (χ1v) is 3.67. The van der Waals surface area contributed by atoms with Crippen molar-refractivity contribution in [1.29, 1.82) is 0 Å². The second-order valence-corrected chi connectivity index (χ2v) is 2.32. The Balaban J connectivity index is 2.20. The number of carbonyl (C=O) groups is 1. The van der Waals surface area contributed by atoms with E-state index in [0.717, 1.165) is 25.0 Å². The van der Waals surface area contributed by atoms with E-state index in [2.05, 4.69) is 15.8 Å². The Labute approximate surface area is 65.8 Å². The molecule has 0 aliphatic carbocycles. The van der Waals surface area contributed by atoms with Gasteiger partial charge in [0.25, 0.3) is 6.47 Å². The van der Waals surface area contributed by atoms with Crippen LogP contribution in [-0.2, 0) is 9.53 Å². The summed E-state index contributed by atoms with van der Waals surface area (Å²) in [5.74, 6) is 0. The summed E-state index contributed by atoms with van der Waals surface area (Å²) >= 11 is 0. The minimum atomic E-state index is 0.460. The largest absolute Gasteiger partial charge is 0.468 e. The molecule has 60 valence electrons. The van der Waals surface area contributed by atoms with Gasteiger partial charge in [0, 0.05) is 19.2 Å². The van der Waals surface area contributed by atoms with E-state index in [1.807, 2.05) is 6.21 Å². The van der Waals surface area contributed by atoms with Crippen LogP contribution in [0, 0.1) is 0 Å². The van der Waals surface area contributed by atoms with Gasteiger partial charge >= 0.3 is 0 Å². The third-order valence-electron chi connectivity index (χ3n) is 1.50. The fourth-order valence-electron chi connectivity index (χ4n) is 0.950. The average Bonchev–Trinajstić information content (AvgIpc) is 2.07. The van der Waals surface area contributed by atoms with E-state index in [4.69, 9.17) is 0 Å². The molecule has 1 aliphatic rings. The van der Waals surface area contributed by atoms with Crippen molar-refractivity contribution in [1.82, 2.24) is 0 Å². The van der Waals surface area contributed by atoms with Crippen molar-refractivity contribution >= 4 is 12.7 Å². The number of nitrogens with zero attached hydrogens (tertiary/aromatic N) is 1. The van der Waals surface area contributed by atoms with Gasteiger partial charge in [-0.1, -0.05) is 6.08 Å². The van der Waals surface area contributed by atoms with E-state index in [9.17, 15) is 4.79 Å². The van der Waals surface area contributed by atoms with Gasteiger partial charge in [0.1, 0.15) is 0 Å². The minimum Gasteiger partial charge on any atom is -0.468 e. The first-order chi connectivity index (χ1) is 5.43. The summed E-state index contributed by atoms with van der Waals surface area (Å²) in [6.45, 7) is 1.82. The van der Waals surface area contributed by atoms with Gasteiger partial charge in [0.05, 0.1) is 6.61 Å². The topological polar surface area (TPSA) is 38.7 Å².